The molecule has 3 aromatic rings. The molecule has 0 fully saturated rings. The molecule has 0 spiro atoms. The molecule has 0 N–H and O–H groups in total. The maximum absolute atomic E-state index is 14.1. The summed E-state index contributed by atoms with van der Waals surface area (Å²) < 4.78 is 39.6. The molecule has 0 saturated heterocycles. The van der Waals surface area contributed by atoms with Crippen molar-refractivity contribution in [1.82, 2.24) is 4.98 Å². The van der Waals surface area contributed by atoms with Gasteiger partial charge in [0.15, 0.2) is 0 Å². The Morgan fingerprint density at radius 3 is 2.31 bits per heavy atom. The number of halogens is 2. The summed E-state index contributed by atoms with van der Waals surface area (Å²) in [6, 6.07) is 20.7. The monoisotopic (exact) mass is 397 g/mol. The highest BCUT2D eigenvalue weighted by molar-refractivity contribution is 5.33. The number of hydrogen-bond donors (Lipinski definition) is 0. The Morgan fingerprint density at radius 1 is 0.793 bits per heavy atom. The predicted molar refractivity (Wildman–Crippen MR) is 109 cm³/mol. The number of hydrogen-bond acceptors (Lipinski definition) is 3. The minimum atomic E-state index is -2.73. The molecule has 29 heavy (non-hydrogen) atoms. The average Bonchev–Trinajstić information content (AvgIpc) is 2.73. The van der Waals surface area contributed by atoms with E-state index in [4.69, 9.17) is 9.47 Å². The minimum Gasteiger partial charge on any atom is -0.493 e. The van der Waals surface area contributed by atoms with E-state index in [0.717, 1.165) is 5.56 Å². The third-order valence-electron chi connectivity index (χ3n) is 4.44. The second kappa shape index (κ2) is 10.6. The quantitative estimate of drug-likeness (QED) is 0.367. The summed E-state index contributed by atoms with van der Waals surface area (Å²) in [4.78, 5) is 3.89. The van der Waals surface area contributed by atoms with E-state index in [2.05, 4.69) is 4.98 Å². The van der Waals surface area contributed by atoms with Crippen molar-refractivity contribution < 1.29 is 18.3 Å². The van der Waals surface area contributed by atoms with Gasteiger partial charge in [0.05, 0.1) is 6.61 Å². The summed E-state index contributed by atoms with van der Waals surface area (Å²) in [6.07, 6.45) is 3.60. The zero-order chi connectivity index (χ0) is 20.4. The molecule has 0 amide bonds. The van der Waals surface area contributed by atoms with E-state index in [-0.39, 0.29) is 12.8 Å². The van der Waals surface area contributed by atoms with Gasteiger partial charge >= 0.3 is 0 Å². The zero-order valence-corrected chi connectivity index (χ0v) is 16.3. The number of pyridine rings is 1. The van der Waals surface area contributed by atoms with E-state index >= 15 is 0 Å². The Bertz CT molecular complexity index is 857. The molecule has 5 heteroatoms. The third kappa shape index (κ3) is 7.53. The smallest absolute Gasteiger partial charge is 0.252 e. The molecule has 0 atom stereocenters. The molecule has 3 nitrogen and oxygen atoms in total. The summed E-state index contributed by atoms with van der Waals surface area (Å²) in [6.45, 7) is 0.876. The Kier molecular flexibility index (Phi) is 7.56. The van der Waals surface area contributed by atoms with Crippen molar-refractivity contribution in [2.45, 2.75) is 38.2 Å². The van der Waals surface area contributed by atoms with Crippen molar-refractivity contribution in [3.8, 4) is 11.5 Å². The van der Waals surface area contributed by atoms with Gasteiger partial charge in [-0.2, -0.15) is 0 Å². The van der Waals surface area contributed by atoms with Gasteiger partial charge in [-0.25, -0.2) is 8.78 Å². The second-order valence-corrected chi connectivity index (χ2v) is 6.95. The van der Waals surface area contributed by atoms with Crippen LogP contribution in [-0.4, -0.2) is 17.5 Å². The minimum absolute atomic E-state index is 0.161. The number of rotatable bonds is 11. The molecular weight excluding hydrogens is 372 g/mol. The molecule has 1 heterocycles. The molecule has 0 radical (unpaired) electrons. The van der Waals surface area contributed by atoms with Crippen molar-refractivity contribution in [1.29, 1.82) is 0 Å². The Balaban J connectivity index is 1.37. The first-order valence-electron chi connectivity index (χ1n) is 9.77. The summed E-state index contributed by atoms with van der Waals surface area (Å²) in [5, 5.41) is 0. The molecule has 1 aromatic heterocycles. The normalized spacial score (nSPS) is 11.2. The highest BCUT2D eigenvalue weighted by atomic mass is 19.3. The van der Waals surface area contributed by atoms with Crippen LogP contribution >= 0.6 is 0 Å². The number of unbranched alkanes of at least 4 members (excludes halogenated alkanes) is 1. The van der Waals surface area contributed by atoms with Crippen molar-refractivity contribution in [2.75, 3.05) is 6.61 Å². The van der Waals surface area contributed by atoms with E-state index in [1.807, 2.05) is 54.6 Å². The van der Waals surface area contributed by atoms with E-state index in [0.29, 0.717) is 43.1 Å². The Labute approximate surface area is 170 Å². The fraction of sp³-hybridized carbons (Fsp3) is 0.292. The van der Waals surface area contributed by atoms with E-state index in [1.165, 1.54) is 6.20 Å². The third-order valence-corrected chi connectivity index (χ3v) is 4.44. The van der Waals surface area contributed by atoms with Gasteiger partial charge in [0.25, 0.3) is 5.92 Å². The van der Waals surface area contributed by atoms with E-state index in [9.17, 15) is 8.78 Å². The molecule has 0 saturated carbocycles. The van der Waals surface area contributed by atoms with Crippen LogP contribution < -0.4 is 9.47 Å². The molecule has 2 aromatic carbocycles. The van der Waals surface area contributed by atoms with Crippen LogP contribution in [0.25, 0.3) is 0 Å². The van der Waals surface area contributed by atoms with E-state index < -0.39 is 5.92 Å². The summed E-state index contributed by atoms with van der Waals surface area (Å²) >= 11 is 0. The van der Waals surface area contributed by atoms with Crippen LogP contribution in [0.4, 0.5) is 8.78 Å². The highest BCUT2D eigenvalue weighted by Gasteiger charge is 2.28. The number of nitrogens with zero attached hydrogens (tertiary/aromatic N) is 1. The number of aromatic nitrogens is 1. The standard InChI is InChI=1S/C24H25F2NO2/c25-24(26,17-21-10-7-14-27-18-21)13-4-5-15-28-22-11-6-12-23(16-22)29-19-20-8-2-1-3-9-20/h1-3,6-12,14,16,18H,4-5,13,15,17,19H2. The van der Waals surface area contributed by atoms with Gasteiger partial charge in [-0.05, 0) is 42.2 Å². The molecule has 3 rings (SSSR count). The van der Waals surface area contributed by atoms with Crippen molar-refractivity contribution >= 4 is 0 Å². The summed E-state index contributed by atoms with van der Waals surface area (Å²) in [7, 11) is 0. The van der Waals surface area contributed by atoms with Crippen molar-refractivity contribution in [2.24, 2.45) is 0 Å². The maximum atomic E-state index is 14.1. The van der Waals surface area contributed by atoms with Gasteiger partial charge in [0.1, 0.15) is 18.1 Å². The zero-order valence-electron chi connectivity index (χ0n) is 16.3. The topological polar surface area (TPSA) is 31.4 Å². The molecule has 0 aliphatic rings. The van der Waals surface area contributed by atoms with E-state index in [1.54, 1.807) is 18.3 Å². The molecule has 0 bridgehead atoms. The number of ether oxygens (including phenoxy) is 2. The fourth-order valence-electron chi connectivity index (χ4n) is 2.96. The highest BCUT2D eigenvalue weighted by Crippen LogP contribution is 2.26. The van der Waals surface area contributed by atoms with Gasteiger partial charge in [0, 0.05) is 31.3 Å². The molecule has 0 aliphatic heterocycles. The van der Waals surface area contributed by atoms with Crippen LogP contribution in [0.1, 0.15) is 30.4 Å². The van der Waals surface area contributed by atoms with Gasteiger partial charge < -0.3 is 9.47 Å². The SMILES string of the molecule is FC(F)(CCCCOc1cccc(OCc2ccccc2)c1)Cc1cccnc1. The maximum Gasteiger partial charge on any atom is 0.252 e. The van der Waals surface area contributed by atoms with Gasteiger partial charge in [0.2, 0.25) is 0 Å². The number of benzene rings is 2. The Morgan fingerprint density at radius 2 is 1.55 bits per heavy atom. The molecule has 0 aliphatic carbocycles. The van der Waals surface area contributed by atoms with Gasteiger partial charge in [-0.1, -0.05) is 42.5 Å². The first-order chi connectivity index (χ1) is 14.1. The molecular formula is C24H25F2NO2. The lowest BCUT2D eigenvalue weighted by atomic mass is 10.0. The van der Waals surface area contributed by atoms with Gasteiger partial charge in [-0.3, -0.25) is 4.98 Å². The van der Waals surface area contributed by atoms with Crippen LogP contribution in [0.15, 0.2) is 79.1 Å². The van der Waals surface area contributed by atoms with Gasteiger partial charge in [-0.15, -0.1) is 0 Å². The van der Waals surface area contributed by atoms with Crippen LogP contribution in [0, 0.1) is 0 Å². The largest absolute Gasteiger partial charge is 0.493 e. The average molecular weight is 397 g/mol. The summed E-state index contributed by atoms with van der Waals surface area (Å²) in [5.41, 5.74) is 1.65. The van der Waals surface area contributed by atoms with Crippen LogP contribution in [0.2, 0.25) is 0 Å². The van der Waals surface area contributed by atoms with Crippen LogP contribution in [0.3, 0.4) is 0 Å². The molecule has 152 valence electrons. The van der Waals surface area contributed by atoms with Crippen molar-refractivity contribution in [3.05, 3.63) is 90.3 Å². The number of alkyl halides is 2. The lowest BCUT2D eigenvalue weighted by molar-refractivity contribution is -0.0101. The first kappa shape index (κ1) is 20.8. The lowest BCUT2D eigenvalue weighted by Gasteiger charge is -2.16. The van der Waals surface area contributed by atoms with Crippen molar-refractivity contribution in [3.63, 3.8) is 0 Å². The molecule has 0 unspecified atom stereocenters. The summed E-state index contributed by atoms with van der Waals surface area (Å²) in [5.74, 6) is -1.33. The Hall–Kier alpha value is -2.95. The second-order valence-electron chi connectivity index (χ2n) is 6.95. The first-order valence-corrected chi connectivity index (χ1v) is 9.77. The fourth-order valence-corrected chi connectivity index (χ4v) is 2.96. The van der Waals surface area contributed by atoms with Crippen LogP contribution in [-0.2, 0) is 13.0 Å². The van der Waals surface area contributed by atoms with Crippen LogP contribution in [0.5, 0.6) is 11.5 Å². The lowest BCUT2D eigenvalue weighted by Crippen LogP contribution is -2.19. The predicted octanol–water partition coefficient (Wildman–Crippen LogP) is 6.09.